The molecule has 2 aliphatic rings. The van der Waals surface area contributed by atoms with E-state index in [9.17, 15) is 13.6 Å². The van der Waals surface area contributed by atoms with Crippen LogP contribution in [0.15, 0.2) is 30.3 Å². The lowest BCUT2D eigenvalue weighted by atomic mass is 9.89. The third kappa shape index (κ3) is 2.41. The fraction of sp³-hybridized carbons (Fsp3) is 0.500. The Morgan fingerprint density at radius 1 is 1.32 bits per heavy atom. The van der Waals surface area contributed by atoms with Crippen LogP contribution in [0.4, 0.5) is 13.6 Å². The highest BCUT2D eigenvalue weighted by Gasteiger charge is 2.51. The quantitative estimate of drug-likeness (QED) is 0.823. The van der Waals surface area contributed by atoms with E-state index in [1.54, 1.807) is 0 Å². The van der Waals surface area contributed by atoms with Gasteiger partial charge in [-0.25, -0.2) is 13.6 Å². The predicted octanol–water partition coefficient (Wildman–Crippen LogP) is 3.20. The first-order chi connectivity index (χ1) is 9.05. The van der Waals surface area contributed by atoms with Gasteiger partial charge in [-0.15, -0.1) is 0 Å². The third-order valence-electron chi connectivity index (χ3n) is 3.81. The van der Waals surface area contributed by atoms with Crippen molar-refractivity contribution in [2.45, 2.75) is 43.9 Å². The van der Waals surface area contributed by atoms with Crippen molar-refractivity contribution in [2.75, 3.05) is 0 Å². The number of carbonyl (C=O) groups excluding carboxylic acids is 1. The first-order valence-electron chi connectivity index (χ1n) is 6.44. The molecule has 3 rings (SSSR count). The van der Waals surface area contributed by atoms with Crippen LogP contribution in [0.25, 0.3) is 0 Å². The molecule has 3 nitrogen and oxygen atoms in total. The van der Waals surface area contributed by atoms with Crippen molar-refractivity contribution in [3.63, 3.8) is 0 Å². The summed E-state index contributed by atoms with van der Waals surface area (Å²) < 4.78 is 32.2. The van der Waals surface area contributed by atoms with Crippen LogP contribution >= 0.6 is 0 Å². The first kappa shape index (κ1) is 12.4. The minimum Gasteiger partial charge on any atom is -0.444 e. The van der Waals surface area contributed by atoms with Gasteiger partial charge in [0, 0.05) is 19.4 Å². The molecular weight excluding hydrogens is 252 g/mol. The fourth-order valence-corrected chi connectivity index (χ4v) is 2.83. The number of nitrogens with zero attached hydrogens (tertiary/aromatic N) is 1. The summed E-state index contributed by atoms with van der Waals surface area (Å²) in [7, 11) is 0. The Labute approximate surface area is 110 Å². The van der Waals surface area contributed by atoms with Crippen molar-refractivity contribution >= 4 is 6.09 Å². The molecule has 0 bridgehead atoms. The molecule has 0 unspecified atom stereocenters. The maximum Gasteiger partial charge on any atom is 0.410 e. The predicted molar refractivity (Wildman–Crippen MR) is 64.8 cm³/mol. The second kappa shape index (κ2) is 4.47. The maximum atomic E-state index is 13.5. The number of benzene rings is 1. The highest BCUT2D eigenvalue weighted by molar-refractivity contribution is 5.70. The lowest BCUT2D eigenvalue weighted by molar-refractivity contribution is -0.0718. The summed E-state index contributed by atoms with van der Waals surface area (Å²) in [6, 6.07) is 8.86. The molecule has 0 aromatic heterocycles. The molecule has 1 aliphatic carbocycles. The van der Waals surface area contributed by atoms with Gasteiger partial charge in [-0.05, 0) is 12.0 Å². The van der Waals surface area contributed by atoms with E-state index < -0.39 is 18.1 Å². The maximum absolute atomic E-state index is 13.5. The highest BCUT2D eigenvalue weighted by Crippen LogP contribution is 2.40. The number of alkyl halides is 2. The molecule has 1 aromatic rings. The zero-order valence-corrected chi connectivity index (χ0v) is 10.4. The van der Waals surface area contributed by atoms with Gasteiger partial charge in [-0.1, -0.05) is 30.3 Å². The highest BCUT2D eigenvalue weighted by atomic mass is 19.3. The van der Waals surface area contributed by atoms with Gasteiger partial charge in [0.05, 0.1) is 6.04 Å². The second-order valence-electron chi connectivity index (χ2n) is 5.20. The van der Waals surface area contributed by atoms with Crippen LogP contribution in [0.5, 0.6) is 0 Å². The van der Waals surface area contributed by atoms with Crippen LogP contribution in [0, 0.1) is 0 Å². The van der Waals surface area contributed by atoms with Gasteiger partial charge in [0.2, 0.25) is 5.92 Å². The van der Waals surface area contributed by atoms with E-state index in [-0.39, 0.29) is 25.4 Å². The SMILES string of the molecule is O=C1O[C@@H]2CCC(F)(F)C[C@H]2N1Cc1ccccc1. The van der Waals surface area contributed by atoms with Gasteiger partial charge in [0.25, 0.3) is 0 Å². The third-order valence-corrected chi connectivity index (χ3v) is 3.81. The van der Waals surface area contributed by atoms with Crippen LogP contribution in [-0.2, 0) is 11.3 Å². The minimum absolute atomic E-state index is 0.194. The molecule has 2 fully saturated rings. The van der Waals surface area contributed by atoms with Crippen molar-refractivity contribution in [2.24, 2.45) is 0 Å². The number of hydrogen-bond acceptors (Lipinski definition) is 2. The standard InChI is InChI=1S/C14H15F2NO2/c15-14(16)7-6-12-11(8-14)17(13(18)19-12)9-10-4-2-1-3-5-10/h1-5,11-12H,6-9H2/t11-,12-/m1/s1. The van der Waals surface area contributed by atoms with E-state index in [0.717, 1.165) is 5.56 Å². The Hall–Kier alpha value is -1.65. The van der Waals surface area contributed by atoms with E-state index in [0.29, 0.717) is 6.54 Å². The van der Waals surface area contributed by atoms with Crippen LogP contribution < -0.4 is 0 Å². The Kier molecular flexibility index (Phi) is 2.92. The smallest absolute Gasteiger partial charge is 0.410 e. The van der Waals surface area contributed by atoms with Gasteiger partial charge in [0.1, 0.15) is 6.10 Å². The average molecular weight is 267 g/mol. The van der Waals surface area contributed by atoms with Crippen LogP contribution in [-0.4, -0.2) is 29.1 Å². The van der Waals surface area contributed by atoms with E-state index in [1.807, 2.05) is 30.3 Å². The molecule has 5 heteroatoms. The largest absolute Gasteiger partial charge is 0.444 e. The number of hydrogen-bond donors (Lipinski definition) is 0. The molecule has 0 spiro atoms. The number of fused-ring (bicyclic) bond motifs is 1. The Morgan fingerprint density at radius 2 is 2.05 bits per heavy atom. The number of amides is 1. The van der Waals surface area contributed by atoms with Crippen molar-refractivity contribution < 1.29 is 18.3 Å². The molecular formula is C14H15F2NO2. The summed E-state index contributed by atoms with van der Waals surface area (Å²) in [5.74, 6) is -2.69. The van der Waals surface area contributed by atoms with Crippen molar-refractivity contribution in [3.8, 4) is 0 Å². The molecule has 102 valence electrons. The molecule has 19 heavy (non-hydrogen) atoms. The Balaban J connectivity index is 1.78. The zero-order valence-electron chi connectivity index (χ0n) is 10.4. The van der Waals surface area contributed by atoms with Gasteiger partial charge >= 0.3 is 6.09 Å². The monoisotopic (exact) mass is 267 g/mol. The topological polar surface area (TPSA) is 29.5 Å². The van der Waals surface area contributed by atoms with E-state index in [2.05, 4.69) is 0 Å². The Morgan fingerprint density at radius 3 is 2.79 bits per heavy atom. The minimum atomic E-state index is -2.69. The zero-order chi connectivity index (χ0) is 13.5. The molecule has 2 atom stereocenters. The van der Waals surface area contributed by atoms with Crippen LogP contribution in [0.1, 0.15) is 24.8 Å². The second-order valence-corrected chi connectivity index (χ2v) is 5.20. The molecule has 1 amide bonds. The average Bonchev–Trinajstić information content (AvgIpc) is 2.66. The summed E-state index contributed by atoms with van der Waals surface area (Å²) in [6.07, 6.45) is -1.10. The molecule has 1 aromatic carbocycles. The first-order valence-corrected chi connectivity index (χ1v) is 6.44. The van der Waals surface area contributed by atoms with Crippen LogP contribution in [0.3, 0.4) is 0 Å². The number of ether oxygens (including phenoxy) is 1. The van der Waals surface area contributed by atoms with E-state index in [4.69, 9.17) is 4.74 Å². The summed E-state index contributed by atoms with van der Waals surface area (Å²) in [6.45, 7) is 0.330. The summed E-state index contributed by atoms with van der Waals surface area (Å²) in [5.41, 5.74) is 0.925. The van der Waals surface area contributed by atoms with E-state index in [1.165, 1.54) is 4.90 Å². The lowest BCUT2D eigenvalue weighted by Gasteiger charge is -2.33. The molecule has 1 heterocycles. The van der Waals surface area contributed by atoms with Crippen molar-refractivity contribution in [3.05, 3.63) is 35.9 Å². The Bertz CT molecular complexity index is 478. The summed E-state index contributed by atoms with van der Waals surface area (Å²) >= 11 is 0. The fourth-order valence-electron chi connectivity index (χ4n) is 2.83. The van der Waals surface area contributed by atoms with E-state index >= 15 is 0 Å². The normalized spacial score (nSPS) is 28.9. The molecule has 1 saturated carbocycles. The molecule has 1 aliphatic heterocycles. The van der Waals surface area contributed by atoms with Crippen molar-refractivity contribution in [1.29, 1.82) is 0 Å². The van der Waals surface area contributed by atoms with Crippen molar-refractivity contribution in [1.82, 2.24) is 4.90 Å². The van der Waals surface area contributed by atoms with Crippen LogP contribution in [0.2, 0.25) is 0 Å². The molecule has 1 saturated heterocycles. The number of halogens is 2. The summed E-state index contributed by atoms with van der Waals surface area (Å²) in [5, 5.41) is 0. The molecule has 0 radical (unpaired) electrons. The van der Waals surface area contributed by atoms with Gasteiger partial charge in [-0.3, -0.25) is 4.90 Å². The lowest BCUT2D eigenvalue weighted by Crippen LogP contribution is -2.44. The number of carbonyl (C=O) groups is 1. The van der Waals surface area contributed by atoms with Gasteiger partial charge in [0.15, 0.2) is 0 Å². The van der Waals surface area contributed by atoms with Gasteiger partial charge in [-0.2, -0.15) is 0 Å². The number of rotatable bonds is 2. The summed E-state index contributed by atoms with van der Waals surface area (Å²) in [4.78, 5) is 13.3. The molecule has 0 N–H and O–H groups in total. The van der Waals surface area contributed by atoms with Gasteiger partial charge < -0.3 is 4.74 Å².